The van der Waals surface area contributed by atoms with Gasteiger partial charge in [0, 0.05) is 11.1 Å². The number of fused-ring (bicyclic) bond motifs is 4. The Morgan fingerprint density at radius 3 is 2.86 bits per heavy atom. The first-order valence-corrected chi connectivity index (χ1v) is 9.50. The molecule has 7 nitrogen and oxygen atoms in total. The molecule has 1 N–H and O–H groups in total. The smallest absolute Gasteiger partial charge is 0.315 e. The van der Waals surface area contributed by atoms with Crippen LogP contribution >= 0.6 is 0 Å². The van der Waals surface area contributed by atoms with Gasteiger partial charge in [0.2, 0.25) is 0 Å². The maximum atomic E-state index is 13.2. The third-order valence-corrected chi connectivity index (χ3v) is 6.15. The minimum atomic E-state index is -0.946. The maximum absolute atomic E-state index is 13.2. The number of nitrogens with zero attached hydrogens (tertiary/aromatic N) is 2. The summed E-state index contributed by atoms with van der Waals surface area (Å²) in [5.74, 6) is 0.913. The van der Waals surface area contributed by atoms with E-state index in [1.54, 1.807) is 30.9 Å². The van der Waals surface area contributed by atoms with Crippen LogP contribution in [0.2, 0.25) is 0 Å². The summed E-state index contributed by atoms with van der Waals surface area (Å²) < 4.78 is 12.5. The number of hydrogen-bond donors (Lipinski definition) is 1. The number of hydrogen-bond acceptors (Lipinski definition) is 5. The standard InChI is InChI=1S/C22H20N2O5/c1-28-15-5-3-4-13(19(15)29-2)10-12-6-7-14-18(12)23-17-8-9-22(21(26)27)11-16(22)24(17)20(14)25/h3-5,8-10,16H,6-7,11H2,1-2H3,(H,26,27). The zero-order valence-corrected chi connectivity index (χ0v) is 16.1. The van der Waals surface area contributed by atoms with Crippen LogP contribution in [0.4, 0.5) is 0 Å². The van der Waals surface area contributed by atoms with Gasteiger partial charge < -0.3 is 14.6 Å². The van der Waals surface area contributed by atoms with Crippen LogP contribution in [0.25, 0.3) is 17.7 Å². The second kappa shape index (κ2) is 6.07. The summed E-state index contributed by atoms with van der Waals surface area (Å²) in [5, 5.41) is 9.53. The van der Waals surface area contributed by atoms with Crippen molar-refractivity contribution >= 4 is 23.7 Å². The summed E-state index contributed by atoms with van der Waals surface area (Å²) in [4.78, 5) is 29.5. The molecule has 5 rings (SSSR count). The molecular weight excluding hydrogens is 372 g/mol. The van der Waals surface area contributed by atoms with Crippen LogP contribution in [0.15, 0.2) is 29.1 Å². The van der Waals surface area contributed by atoms with E-state index < -0.39 is 11.4 Å². The average molecular weight is 392 g/mol. The van der Waals surface area contributed by atoms with Crippen LogP contribution in [0.5, 0.6) is 11.5 Å². The average Bonchev–Trinajstić information content (AvgIpc) is 3.36. The van der Waals surface area contributed by atoms with Gasteiger partial charge in [-0.25, -0.2) is 4.98 Å². The molecule has 2 aromatic rings. The molecule has 1 saturated carbocycles. The van der Waals surface area contributed by atoms with E-state index in [1.807, 2.05) is 24.3 Å². The molecule has 0 bridgehead atoms. The number of ether oxygens (including phenoxy) is 2. The van der Waals surface area contributed by atoms with E-state index in [-0.39, 0.29) is 11.6 Å². The van der Waals surface area contributed by atoms with Gasteiger partial charge in [0.25, 0.3) is 5.56 Å². The lowest BCUT2D eigenvalue weighted by atomic mass is 10.0. The first kappa shape index (κ1) is 17.7. The van der Waals surface area contributed by atoms with Crippen molar-refractivity contribution in [2.45, 2.75) is 25.3 Å². The topological polar surface area (TPSA) is 90.7 Å². The summed E-state index contributed by atoms with van der Waals surface area (Å²) in [5.41, 5.74) is 2.10. The Morgan fingerprint density at radius 1 is 1.31 bits per heavy atom. The highest BCUT2D eigenvalue weighted by atomic mass is 16.5. The molecule has 2 heterocycles. The summed E-state index contributed by atoms with van der Waals surface area (Å²) in [6, 6.07) is 5.32. The Labute approximate surface area is 166 Å². The highest BCUT2D eigenvalue weighted by molar-refractivity contribution is 5.87. The third kappa shape index (κ3) is 2.40. The number of carboxylic acids is 1. The van der Waals surface area contributed by atoms with Gasteiger partial charge in [0.1, 0.15) is 11.2 Å². The monoisotopic (exact) mass is 392 g/mol. The van der Waals surface area contributed by atoms with Crippen molar-refractivity contribution in [2.24, 2.45) is 5.41 Å². The molecule has 1 aromatic heterocycles. The van der Waals surface area contributed by atoms with Gasteiger partial charge in [-0.2, -0.15) is 0 Å². The van der Waals surface area contributed by atoms with Gasteiger partial charge in [0.15, 0.2) is 11.5 Å². The highest BCUT2D eigenvalue weighted by Gasteiger charge is 2.62. The molecule has 2 aliphatic carbocycles. The second-order valence-corrected chi connectivity index (χ2v) is 7.62. The molecule has 3 aliphatic rings. The van der Waals surface area contributed by atoms with Gasteiger partial charge >= 0.3 is 5.97 Å². The molecule has 1 aromatic carbocycles. The Bertz CT molecular complexity index is 1180. The number of aliphatic carboxylic acids is 1. The highest BCUT2D eigenvalue weighted by Crippen LogP contribution is 2.59. The zero-order valence-electron chi connectivity index (χ0n) is 16.1. The van der Waals surface area contributed by atoms with Crippen molar-refractivity contribution in [3.05, 3.63) is 57.3 Å². The third-order valence-electron chi connectivity index (χ3n) is 6.15. The number of methoxy groups -OCH3 is 2. The zero-order chi connectivity index (χ0) is 20.3. The van der Waals surface area contributed by atoms with Gasteiger partial charge in [-0.15, -0.1) is 0 Å². The van der Waals surface area contributed by atoms with Crippen molar-refractivity contribution in [3.63, 3.8) is 0 Å². The molecule has 2 atom stereocenters. The summed E-state index contributed by atoms with van der Waals surface area (Å²) in [6.07, 6.45) is 7.06. The quantitative estimate of drug-likeness (QED) is 0.860. The molecule has 0 radical (unpaired) electrons. The van der Waals surface area contributed by atoms with E-state index in [1.165, 1.54) is 0 Å². The van der Waals surface area contributed by atoms with Gasteiger partial charge in [0.05, 0.1) is 26.0 Å². The van der Waals surface area contributed by atoms with Crippen molar-refractivity contribution in [1.29, 1.82) is 0 Å². The molecule has 29 heavy (non-hydrogen) atoms. The molecule has 2 unspecified atom stereocenters. The lowest BCUT2D eigenvalue weighted by molar-refractivity contribution is -0.141. The fourth-order valence-corrected chi connectivity index (χ4v) is 4.51. The first-order chi connectivity index (χ1) is 14.0. The number of allylic oxidation sites excluding steroid dienone is 1. The van der Waals surface area contributed by atoms with Gasteiger partial charge in [-0.1, -0.05) is 18.2 Å². The fraction of sp³-hybridized carbons (Fsp3) is 0.318. The molecule has 1 aliphatic heterocycles. The Kier molecular flexibility index (Phi) is 3.71. The maximum Gasteiger partial charge on any atom is 0.315 e. The van der Waals surface area contributed by atoms with E-state index in [4.69, 9.17) is 14.5 Å². The van der Waals surface area contributed by atoms with Crippen molar-refractivity contribution in [3.8, 4) is 11.5 Å². The number of carboxylic acid groups (broad SMARTS) is 1. The van der Waals surface area contributed by atoms with Crippen LogP contribution in [0.3, 0.4) is 0 Å². The SMILES string of the molecule is COc1cccc(C=C2CCc3c2nc2n(c3=O)C3CC3(C(=O)O)C=C2)c1OC. The van der Waals surface area contributed by atoms with Gasteiger partial charge in [-0.3, -0.25) is 14.2 Å². The Morgan fingerprint density at radius 2 is 2.14 bits per heavy atom. The minimum Gasteiger partial charge on any atom is -0.493 e. The number of rotatable bonds is 4. The van der Waals surface area contributed by atoms with Crippen LogP contribution in [0.1, 0.15) is 41.5 Å². The minimum absolute atomic E-state index is 0.122. The molecule has 0 amide bonds. The lowest BCUT2D eigenvalue weighted by Gasteiger charge is -2.18. The molecule has 0 saturated heterocycles. The molecule has 7 heteroatoms. The van der Waals surface area contributed by atoms with Crippen molar-refractivity contribution in [2.75, 3.05) is 14.2 Å². The van der Waals surface area contributed by atoms with Crippen LogP contribution in [-0.2, 0) is 11.2 Å². The number of para-hydroxylation sites is 1. The summed E-state index contributed by atoms with van der Waals surface area (Å²) in [6.45, 7) is 0. The number of aromatic nitrogens is 2. The largest absolute Gasteiger partial charge is 0.493 e. The summed E-state index contributed by atoms with van der Waals surface area (Å²) >= 11 is 0. The molecule has 0 spiro atoms. The van der Waals surface area contributed by atoms with E-state index in [2.05, 4.69) is 0 Å². The normalized spacial score (nSPS) is 24.6. The van der Waals surface area contributed by atoms with E-state index in [0.29, 0.717) is 47.8 Å². The van der Waals surface area contributed by atoms with Gasteiger partial charge in [-0.05, 0) is 43.1 Å². The molecular formula is C22H20N2O5. The molecule has 1 fully saturated rings. The van der Waals surface area contributed by atoms with Crippen LogP contribution in [0, 0.1) is 5.41 Å². The first-order valence-electron chi connectivity index (χ1n) is 9.50. The number of carbonyl (C=O) groups is 1. The van der Waals surface area contributed by atoms with Crippen LogP contribution < -0.4 is 15.0 Å². The predicted octanol–water partition coefficient (Wildman–Crippen LogP) is 2.79. The predicted molar refractivity (Wildman–Crippen MR) is 107 cm³/mol. The van der Waals surface area contributed by atoms with Crippen molar-refractivity contribution in [1.82, 2.24) is 9.55 Å². The number of benzene rings is 1. The van der Waals surface area contributed by atoms with Crippen molar-refractivity contribution < 1.29 is 19.4 Å². The summed E-state index contributed by atoms with van der Waals surface area (Å²) in [7, 11) is 3.19. The lowest BCUT2D eigenvalue weighted by Crippen LogP contribution is -2.31. The van der Waals surface area contributed by atoms with E-state index >= 15 is 0 Å². The second-order valence-electron chi connectivity index (χ2n) is 7.62. The Balaban J connectivity index is 1.62. The fourth-order valence-electron chi connectivity index (χ4n) is 4.51. The van der Waals surface area contributed by atoms with E-state index in [0.717, 1.165) is 11.1 Å². The van der Waals surface area contributed by atoms with Crippen LogP contribution in [-0.4, -0.2) is 34.8 Å². The Hall–Kier alpha value is -3.35. The van der Waals surface area contributed by atoms with E-state index in [9.17, 15) is 14.7 Å². The molecule has 148 valence electrons.